The number of ether oxygens (including phenoxy) is 1. The lowest BCUT2D eigenvalue weighted by atomic mass is 10.2. The maximum absolute atomic E-state index is 9.97. The first-order valence-electron chi connectivity index (χ1n) is 6.61. The van der Waals surface area contributed by atoms with Crippen LogP contribution in [0.3, 0.4) is 0 Å². The normalized spacial score (nSPS) is 12.0. The van der Waals surface area contributed by atoms with Crippen molar-refractivity contribution in [2.24, 2.45) is 0 Å². The molecule has 2 N–H and O–H groups in total. The fourth-order valence-electron chi connectivity index (χ4n) is 1.78. The zero-order chi connectivity index (χ0) is 15.2. The lowest BCUT2D eigenvalue weighted by molar-refractivity contribution is 0.117. The minimum absolute atomic E-state index is 0.248. The molecule has 3 nitrogen and oxygen atoms in total. The number of rotatable bonds is 6. The molecule has 2 rings (SSSR count). The second-order valence-electron chi connectivity index (χ2n) is 4.78. The zero-order valence-electron chi connectivity index (χ0n) is 11.6. The van der Waals surface area contributed by atoms with Gasteiger partial charge in [0.05, 0.1) is 0 Å². The Kier molecular flexibility index (Phi) is 6.08. The van der Waals surface area contributed by atoms with Crippen molar-refractivity contribution in [1.29, 1.82) is 0 Å². The molecule has 0 amide bonds. The van der Waals surface area contributed by atoms with Crippen molar-refractivity contribution in [2.45, 2.75) is 13.0 Å². The van der Waals surface area contributed by atoms with Crippen LogP contribution in [0.25, 0.3) is 0 Å². The molecule has 0 heterocycles. The molecule has 0 radical (unpaired) electrons. The summed E-state index contributed by atoms with van der Waals surface area (Å²) in [6, 6.07) is 13.6. The Labute approximate surface area is 141 Å². The SMILES string of the molecule is Cc1ccc(Br)c(NCC(O)COc2ccc(Br)cc2)c1. The Hall–Kier alpha value is -1.04. The Bertz CT molecular complexity index is 587. The summed E-state index contributed by atoms with van der Waals surface area (Å²) in [6.07, 6.45) is -0.582. The second kappa shape index (κ2) is 7.82. The van der Waals surface area contributed by atoms with Crippen molar-refractivity contribution >= 4 is 37.5 Å². The molecular weight excluding hydrogens is 398 g/mol. The molecule has 0 saturated heterocycles. The molecule has 0 aliphatic heterocycles. The lowest BCUT2D eigenvalue weighted by Crippen LogP contribution is -2.26. The van der Waals surface area contributed by atoms with E-state index in [4.69, 9.17) is 4.74 Å². The number of aryl methyl sites for hydroxylation is 1. The third-order valence-electron chi connectivity index (χ3n) is 2.91. The maximum atomic E-state index is 9.97. The molecule has 1 atom stereocenters. The van der Waals surface area contributed by atoms with E-state index in [-0.39, 0.29) is 6.61 Å². The van der Waals surface area contributed by atoms with E-state index in [1.54, 1.807) is 0 Å². The summed E-state index contributed by atoms with van der Waals surface area (Å²) in [4.78, 5) is 0. The highest BCUT2D eigenvalue weighted by Gasteiger charge is 2.07. The van der Waals surface area contributed by atoms with Gasteiger partial charge in [-0.2, -0.15) is 0 Å². The first-order chi connectivity index (χ1) is 10.0. The molecule has 0 fully saturated rings. The van der Waals surface area contributed by atoms with Gasteiger partial charge in [0, 0.05) is 21.2 Å². The van der Waals surface area contributed by atoms with Gasteiger partial charge in [-0.05, 0) is 64.8 Å². The van der Waals surface area contributed by atoms with Gasteiger partial charge in [-0.1, -0.05) is 22.0 Å². The number of hydrogen-bond acceptors (Lipinski definition) is 3. The number of halogens is 2. The quantitative estimate of drug-likeness (QED) is 0.737. The van der Waals surface area contributed by atoms with Gasteiger partial charge in [0.15, 0.2) is 0 Å². The Morgan fingerprint density at radius 1 is 1.14 bits per heavy atom. The van der Waals surface area contributed by atoms with Gasteiger partial charge in [-0.15, -0.1) is 0 Å². The topological polar surface area (TPSA) is 41.5 Å². The van der Waals surface area contributed by atoms with Crippen LogP contribution in [-0.4, -0.2) is 24.4 Å². The van der Waals surface area contributed by atoms with Crippen LogP contribution < -0.4 is 10.1 Å². The van der Waals surface area contributed by atoms with Crippen LogP contribution in [0.2, 0.25) is 0 Å². The molecule has 0 aromatic heterocycles. The van der Waals surface area contributed by atoms with Crippen molar-refractivity contribution < 1.29 is 9.84 Å². The largest absolute Gasteiger partial charge is 0.491 e. The van der Waals surface area contributed by atoms with E-state index >= 15 is 0 Å². The molecule has 5 heteroatoms. The molecule has 2 aromatic rings. The van der Waals surface area contributed by atoms with E-state index in [1.807, 2.05) is 49.4 Å². The summed E-state index contributed by atoms with van der Waals surface area (Å²) in [6.45, 7) is 2.71. The number of aliphatic hydroxyl groups excluding tert-OH is 1. The van der Waals surface area contributed by atoms with Gasteiger partial charge in [0.2, 0.25) is 0 Å². The molecular formula is C16H17Br2NO2. The Morgan fingerprint density at radius 3 is 2.57 bits per heavy atom. The fourth-order valence-corrected chi connectivity index (χ4v) is 2.44. The predicted octanol–water partition coefficient (Wildman–Crippen LogP) is 4.37. The molecule has 0 spiro atoms. The first kappa shape index (κ1) is 16.3. The number of aliphatic hydroxyl groups is 1. The minimum atomic E-state index is -0.582. The zero-order valence-corrected chi connectivity index (χ0v) is 14.8. The molecule has 0 bridgehead atoms. The standard InChI is InChI=1S/C16H17Br2NO2/c1-11-2-7-15(18)16(8-11)19-9-13(20)10-21-14-5-3-12(17)4-6-14/h2-8,13,19-20H,9-10H2,1H3. The summed E-state index contributed by atoms with van der Waals surface area (Å²) >= 11 is 6.85. The van der Waals surface area contributed by atoms with Crippen molar-refractivity contribution in [2.75, 3.05) is 18.5 Å². The van der Waals surface area contributed by atoms with Crippen LogP contribution in [0.15, 0.2) is 51.4 Å². The van der Waals surface area contributed by atoms with Gasteiger partial charge in [0.25, 0.3) is 0 Å². The van der Waals surface area contributed by atoms with Crippen molar-refractivity contribution in [3.05, 3.63) is 57.0 Å². The van der Waals surface area contributed by atoms with Gasteiger partial charge in [0.1, 0.15) is 18.5 Å². The van der Waals surface area contributed by atoms with Gasteiger partial charge >= 0.3 is 0 Å². The van der Waals surface area contributed by atoms with E-state index in [9.17, 15) is 5.11 Å². The highest BCUT2D eigenvalue weighted by atomic mass is 79.9. The summed E-state index contributed by atoms with van der Waals surface area (Å²) < 4.78 is 7.52. The first-order valence-corrected chi connectivity index (χ1v) is 8.19. The van der Waals surface area contributed by atoms with E-state index in [0.717, 1.165) is 20.4 Å². The predicted molar refractivity (Wildman–Crippen MR) is 93.0 cm³/mol. The highest BCUT2D eigenvalue weighted by molar-refractivity contribution is 9.10. The maximum Gasteiger partial charge on any atom is 0.119 e. The van der Waals surface area contributed by atoms with E-state index in [2.05, 4.69) is 37.2 Å². The van der Waals surface area contributed by atoms with Gasteiger partial charge in [-0.3, -0.25) is 0 Å². The highest BCUT2D eigenvalue weighted by Crippen LogP contribution is 2.23. The van der Waals surface area contributed by atoms with Gasteiger partial charge < -0.3 is 15.2 Å². The number of benzene rings is 2. The third-order valence-corrected chi connectivity index (χ3v) is 4.13. The lowest BCUT2D eigenvalue weighted by Gasteiger charge is -2.15. The smallest absolute Gasteiger partial charge is 0.119 e. The van der Waals surface area contributed by atoms with E-state index < -0.39 is 6.10 Å². The minimum Gasteiger partial charge on any atom is -0.491 e. The van der Waals surface area contributed by atoms with Crippen molar-refractivity contribution in [3.8, 4) is 5.75 Å². The van der Waals surface area contributed by atoms with Crippen LogP contribution >= 0.6 is 31.9 Å². The average Bonchev–Trinajstić information content (AvgIpc) is 2.47. The molecule has 0 saturated carbocycles. The fraction of sp³-hybridized carbons (Fsp3) is 0.250. The molecule has 0 aliphatic rings. The van der Waals surface area contributed by atoms with Crippen LogP contribution in [0, 0.1) is 6.92 Å². The molecule has 0 aliphatic carbocycles. The third kappa shape index (κ3) is 5.34. The number of anilines is 1. The second-order valence-corrected chi connectivity index (χ2v) is 6.55. The summed E-state index contributed by atoms with van der Waals surface area (Å²) in [5, 5.41) is 13.2. The van der Waals surface area contributed by atoms with Crippen LogP contribution in [0.5, 0.6) is 5.75 Å². The average molecular weight is 415 g/mol. The number of hydrogen-bond donors (Lipinski definition) is 2. The monoisotopic (exact) mass is 413 g/mol. The molecule has 1 unspecified atom stereocenters. The van der Waals surface area contributed by atoms with E-state index in [1.165, 1.54) is 5.56 Å². The summed E-state index contributed by atoms with van der Waals surface area (Å²) in [5.74, 6) is 0.744. The van der Waals surface area contributed by atoms with Crippen LogP contribution in [-0.2, 0) is 0 Å². The Balaban J connectivity index is 1.80. The summed E-state index contributed by atoms with van der Waals surface area (Å²) in [5.41, 5.74) is 2.14. The van der Waals surface area contributed by atoms with Gasteiger partial charge in [-0.25, -0.2) is 0 Å². The molecule has 2 aromatic carbocycles. The number of nitrogens with one attached hydrogen (secondary N) is 1. The van der Waals surface area contributed by atoms with Crippen molar-refractivity contribution in [1.82, 2.24) is 0 Å². The molecule has 21 heavy (non-hydrogen) atoms. The Morgan fingerprint density at radius 2 is 1.86 bits per heavy atom. The molecule has 112 valence electrons. The van der Waals surface area contributed by atoms with Crippen molar-refractivity contribution in [3.63, 3.8) is 0 Å². The van der Waals surface area contributed by atoms with E-state index in [0.29, 0.717) is 6.54 Å². The summed E-state index contributed by atoms with van der Waals surface area (Å²) in [7, 11) is 0. The van der Waals surface area contributed by atoms with Crippen LogP contribution in [0.1, 0.15) is 5.56 Å². The van der Waals surface area contributed by atoms with Crippen LogP contribution in [0.4, 0.5) is 5.69 Å².